The van der Waals surface area contributed by atoms with E-state index >= 15 is 0 Å². The van der Waals surface area contributed by atoms with Crippen LogP contribution in [0.2, 0.25) is 0 Å². The van der Waals surface area contributed by atoms with Gasteiger partial charge in [-0.1, -0.05) is 0 Å². The minimum absolute atomic E-state index is 0.267. The van der Waals surface area contributed by atoms with E-state index in [0.29, 0.717) is 17.4 Å². The highest BCUT2D eigenvalue weighted by molar-refractivity contribution is 7.07. The molecular weight excluding hydrogens is 260 g/mol. The van der Waals surface area contributed by atoms with E-state index < -0.39 is 0 Å². The molecule has 2 N–H and O–H groups in total. The second kappa shape index (κ2) is 6.38. The second-order valence-corrected chi connectivity index (χ2v) is 5.02. The van der Waals surface area contributed by atoms with Gasteiger partial charge < -0.3 is 15.4 Å². The summed E-state index contributed by atoms with van der Waals surface area (Å²) < 4.78 is 5.36. The van der Waals surface area contributed by atoms with Crippen molar-refractivity contribution in [3.8, 4) is 5.75 Å². The smallest absolute Gasteiger partial charge is 0.204 e. The average Bonchev–Trinajstić information content (AvgIpc) is 2.91. The molecule has 0 aliphatic carbocycles. The maximum Gasteiger partial charge on any atom is 0.204 e. The minimum Gasteiger partial charge on any atom is -0.490 e. The number of anilines is 2. The standard InChI is InChI=1S/C13H18N4OS/c1-9(6-10-4-5-19-7-10)17-13-11(18-3)12(14-2)15-8-16-13/h4-5,7-9H,6H2,1-3H3,(H2,14,15,16,17). The summed E-state index contributed by atoms with van der Waals surface area (Å²) in [7, 11) is 3.43. The van der Waals surface area contributed by atoms with Gasteiger partial charge in [-0.25, -0.2) is 9.97 Å². The number of thiophene rings is 1. The number of hydrogen-bond acceptors (Lipinski definition) is 6. The van der Waals surface area contributed by atoms with E-state index in [1.807, 2.05) is 7.05 Å². The normalized spacial score (nSPS) is 11.9. The Morgan fingerprint density at radius 2 is 2.16 bits per heavy atom. The average molecular weight is 278 g/mol. The molecule has 0 aliphatic heterocycles. The van der Waals surface area contributed by atoms with Crippen molar-refractivity contribution in [2.45, 2.75) is 19.4 Å². The first-order valence-electron chi connectivity index (χ1n) is 6.09. The lowest BCUT2D eigenvalue weighted by Gasteiger charge is -2.17. The summed E-state index contributed by atoms with van der Waals surface area (Å²) in [5.74, 6) is 2.04. The van der Waals surface area contributed by atoms with Gasteiger partial charge in [0.25, 0.3) is 0 Å². The topological polar surface area (TPSA) is 59.1 Å². The minimum atomic E-state index is 0.267. The van der Waals surface area contributed by atoms with E-state index in [4.69, 9.17) is 4.74 Å². The Morgan fingerprint density at radius 3 is 2.79 bits per heavy atom. The van der Waals surface area contributed by atoms with Crippen molar-refractivity contribution < 1.29 is 4.74 Å². The van der Waals surface area contributed by atoms with E-state index in [9.17, 15) is 0 Å². The lowest BCUT2D eigenvalue weighted by molar-refractivity contribution is 0.414. The Morgan fingerprint density at radius 1 is 1.37 bits per heavy atom. The number of methoxy groups -OCH3 is 1. The van der Waals surface area contributed by atoms with Gasteiger partial charge in [-0.05, 0) is 35.7 Å². The van der Waals surface area contributed by atoms with Crippen molar-refractivity contribution >= 4 is 23.0 Å². The molecule has 5 nitrogen and oxygen atoms in total. The predicted molar refractivity (Wildman–Crippen MR) is 79.2 cm³/mol. The highest BCUT2D eigenvalue weighted by atomic mass is 32.1. The number of nitrogens with one attached hydrogen (secondary N) is 2. The van der Waals surface area contributed by atoms with Crippen LogP contribution in [0.4, 0.5) is 11.6 Å². The van der Waals surface area contributed by atoms with Crippen LogP contribution in [-0.4, -0.2) is 30.2 Å². The summed E-state index contributed by atoms with van der Waals surface area (Å²) in [5, 5.41) is 10.6. The van der Waals surface area contributed by atoms with E-state index in [-0.39, 0.29) is 6.04 Å². The molecule has 2 heterocycles. The van der Waals surface area contributed by atoms with Crippen molar-refractivity contribution in [3.05, 3.63) is 28.7 Å². The van der Waals surface area contributed by atoms with Crippen LogP contribution in [0.15, 0.2) is 23.2 Å². The van der Waals surface area contributed by atoms with Crippen LogP contribution in [0.25, 0.3) is 0 Å². The van der Waals surface area contributed by atoms with Crippen molar-refractivity contribution in [1.29, 1.82) is 0 Å². The Labute approximate surface area is 117 Å². The van der Waals surface area contributed by atoms with E-state index in [2.05, 4.69) is 44.4 Å². The van der Waals surface area contributed by atoms with Crippen LogP contribution < -0.4 is 15.4 Å². The van der Waals surface area contributed by atoms with Crippen molar-refractivity contribution in [3.63, 3.8) is 0 Å². The number of rotatable bonds is 6. The van der Waals surface area contributed by atoms with Crippen molar-refractivity contribution in [2.24, 2.45) is 0 Å². The molecule has 1 atom stereocenters. The summed E-state index contributed by atoms with van der Waals surface area (Å²) >= 11 is 1.71. The number of aromatic nitrogens is 2. The Balaban J connectivity index is 2.09. The third-order valence-electron chi connectivity index (χ3n) is 2.75. The summed E-state index contributed by atoms with van der Waals surface area (Å²) in [6, 6.07) is 2.40. The van der Waals surface area contributed by atoms with Gasteiger partial charge in [-0.2, -0.15) is 11.3 Å². The first-order valence-corrected chi connectivity index (χ1v) is 7.03. The lowest BCUT2D eigenvalue weighted by atomic mass is 10.1. The van der Waals surface area contributed by atoms with Gasteiger partial charge >= 0.3 is 0 Å². The molecule has 1 unspecified atom stereocenters. The van der Waals surface area contributed by atoms with Gasteiger partial charge in [0.05, 0.1) is 7.11 Å². The molecule has 19 heavy (non-hydrogen) atoms. The van der Waals surface area contributed by atoms with Gasteiger partial charge in [-0.3, -0.25) is 0 Å². The van der Waals surface area contributed by atoms with Crippen molar-refractivity contribution in [1.82, 2.24) is 9.97 Å². The fourth-order valence-electron chi connectivity index (χ4n) is 1.89. The fraction of sp³-hybridized carbons (Fsp3) is 0.385. The van der Waals surface area contributed by atoms with Gasteiger partial charge in [0.2, 0.25) is 5.75 Å². The van der Waals surface area contributed by atoms with Crippen LogP contribution in [-0.2, 0) is 6.42 Å². The van der Waals surface area contributed by atoms with Crippen LogP contribution in [0.3, 0.4) is 0 Å². The largest absolute Gasteiger partial charge is 0.490 e. The summed E-state index contributed by atoms with van der Waals surface area (Å²) in [5.41, 5.74) is 1.33. The van der Waals surface area contributed by atoms with Crippen LogP contribution >= 0.6 is 11.3 Å². The third-order valence-corrected chi connectivity index (χ3v) is 3.48. The highest BCUT2D eigenvalue weighted by Gasteiger charge is 2.13. The summed E-state index contributed by atoms with van der Waals surface area (Å²) in [6.45, 7) is 2.12. The number of nitrogens with zero attached hydrogens (tertiary/aromatic N) is 2. The van der Waals surface area contributed by atoms with Gasteiger partial charge in [0, 0.05) is 13.1 Å². The lowest BCUT2D eigenvalue weighted by Crippen LogP contribution is -2.19. The molecule has 2 rings (SSSR count). The number of ether oxygens (including phenoxy) is 1. The Kier molecular flexibility index (Phi) is 4.57. The molecule has 0 saturated carbocycles. The predicted octanol–water partition coefficient (Wildman–Crippen LogP) is 2.63. The zero-order chi connectivity index (χ0) is 13.7. The third kappa shape index (κ3) is 3.35. The van der Waals surface area contributed by atoms with Gasteiger partial charge in [-0.15, -0.1) is 0 Å². The van der Waals surface area contributed by atoms with E-state index in [1.165, 1.54) is 11.9 Å². The van der Waals surface area contributed by atoms with Gasteiger partial charge in [0.1, 0.15) is 6.33 Å². The molecule has 0 amide bonds. The molecule has 2 aromatic heterocycles. The molecule has 2 aromatic rings. The molecule has 0 spiro atoms. The summed E-state index contributed by atoms with van der Waals surface area (Å²) in [6.07, 6.45) is 2.47. The highest BCUT2D eigenvalue weighted by Crippen LogP contribution is 2.29. The summed E-state index contributed by atoms with van der Waals surface area (Å²) in [4.78, 5) is 8.37. The molecule has 6 heteroatoms. The molecule has 0 aliphatic rings. The Hall–Kier alpha value is -1.82. The zero-order valence-corrected chi connectivity index (χ0v) is 12.1. The van der Waals surface area contributed by atoms with E-state index in [1.54, 1.807) is 18.4 Å². The first kappa shape index (κ1) is 13.6. The Bertz CT molecular complexity index is 515. The fourth-order valence-corrected chi connectivity index (χ4v) is 2.58. The molecular formula is C13H18N4OS. The molecule has 0 aromatic carbocycles. The first-order chi connectivity index (χ1) is 9.24. The van der Waals surface area contributed by atoms with Crippen LogP contribution in [0.1, 0.15) is 12.5 Å². The second-order valence-electron chi connectivity index (χ2n) is 4.24. The maximum atomic E-state index is 5.36. The van der Waals surface area contributed by atoms with Gasteiger partial charge in [0.15, 0.2) is 11.6 Å². The van der Waals surface area contributed by atoms with Crippen molar-refractivity contribution in [2.75, 3.05) is 24.8 Å². The molecule has 102 valence electrons. The van der Waals surface area contributed by atoms with Crippen LogP contribution in [0.5, 0.6) is 5.75 Å². The molecule has 0 fully saturated rings. The zero-order valence-electron chi connectivity index (χ0n) is 11.3. The molecule has 0 bridgehead atoms. The van der Waals surface area contributed by atoms with Crippen LogP contribution in [0, 0.1) is 0 Å². The maximum absolute atomic E-state index is 5.36. The van der Waals surface area contributed by atoms with E-state index in [0.717, 1.165) is 6.42 Å². The SMILES string of the molecule is CNc1ncnc(NC(C)Cc2ccsc2)c1OC. The molecule has 0 saturated heterocycles. The molecule has 0 radical (unpaired) electrons. The monoisotopic (exact) mass is 278 g/mol. The number of hydrogen-bond donors (Lipinski definition) is 2. The quantitative estimate of drug-likeness (QED) is 0.850.